The van der Waals surface area contributed by atoms with Gasteiger partial charge in [0.25, 0.3) is 5.91 Å². The molecule has 0 aliphatic heterocycles. The summed E-state index contributed by atoms with van der Waals surface area (Å²) in [4.78, 5) is 30.4. The number of rotatable bonds is 9. The van der Waals surface area contributed by atoms with Crippen molar-refractivity contribution in [3.05, 3.63) is 88.8 Å². The number of carbonyl (C=O) groups excluding carboxylic acids is 2. The Balaban J connectivity index is 1.60. The van der Waals surface area contributed by atoms with Gasteiger partial charge in [0.15, 0.2) is 0 Å². The molecule has 1 heterocycles. The number of ether oxygens (including phenoxy) is 2. The zero-order valence-electron chi connectivity index (χ0n) is 23.4. The first-order chi connectivity index (χ1) is 19.9. The van der Waals surface area contributed by atoms with Crippen molar-refractivity contribution in [3.8, 4) is 22.8 Å². The summed E-state index contributed by atoms with van der Waals surface area (Å²) in [5.74, 6) is 0.733. The van der Waals surface area contributed by atoms with Crippen LogP contribution in [0.5, 0.6) is 11.5 Å². The van der Waals surface area contributed by atoms with Crippen molar-refractivity contribution >= 4 is 34.7 Å². The highest BCUT2D eigenvalue weighted by molar-refractivity contribution is 7.09. The predicted octanol–water partition coefficient (Wildman–Crippen LogP) is 6.16. The third-order valence-electron chi connectivity index (χ3n) is 7.42. The molecule has 0 radical (unpaired) electrons. The van der Waals surface area contributed by atoms with Gasteiger partial charge in [0.05, 0.1) is 19.9 Å². The second-order valence-electron chi connectivity index (χ2n) is 10.2. The molecule has 1 aliphatic rings. The van der Waals surface area contributed by atoms with E-state index in [2.05, 4.69) is 9.69 Å². The number of carbonyl (C=O) groups is 2. The number of amides is 2. The summed E-state index contributed by atoms with van der Waals surface area (Å²) in [6.45, 7) is 1.95. The van der Waals surface area contributed by atoms with Crippen LogP contribution in [0.2, 0.25) is 0 Å². The standard InChI is InChI=1S/C32H34N4O4S/c1-20-7-6-10-24(19-20)36(32(38)30-27(33)28(35-41-30)21-11-15-25(39-2)16-12-21)29(22-13-17-26(40-3)18-14-22)31(37)34-23-8-4-5-9-23/h6-7,10-19,23,29H,4-5,8-9,33H2,1-3H3,(H,34,37)/t29-/m0/s1. The Labute approximate surface area is 244 Å². The minimum atomic E-state index is -0.943. The lowest BCUT2D eigenvalue weighted by Crippen LogP contribution is -2.46. The van der Waals surface area contributed by atoms with Crippen LogP contribution in [0.3, 0.4) is 0 Å². The number of anilines is 2. The summed E-state index contributed by atoms with van der Waals surface area (Å²) < 4.78 is 15.2. The number of benzene rings is 3. The first-order valence-corrected chi connectivity index (χ1v) is 14.4. The normalized spacial score (nSPS) is 13.9. The summed E-state index contributed by atoms with van der Waals surface area (Å²) >= 11 is 1.03. The van der Waals surface area contributed by atoms with Crippen LogP contribution < -0.4 is 25.4 Å². The molecule has 3 aromatic carbocycles. The van der Waals surface area contributed by atoms with Crippen molar-refractivity contribution in [1.29, 1.82) is 0 Å². The number of nitrogens with zero attached hydrogens (tertiary/aromatic N) is 2. The minimum Gasteiger partial charge on any atom is -0.497 e. The lowest BCUT2D eigenvalue weighted by molar-refractivity contribution is -0.123. The van der Waals surface area contributed by atoms with Gasteiger partial charge in [-0.15, -0.1) is 0 Å². The van der Waals surface area contributed by atoms with Crippen LogP contribution in [0.15, 0.2) is 72.8 Å². The summed E-state index contributed by atoms with van der Waals surface area (Å²) in [6.07, 6.45) is 3.99. The maximum absolute atomic E-state index is 14.5. The van der Waals surface area contributed by atoms with Crippen molar-refractivity contribution < 1.29 is 19.1 Å². The topological polar surface area (TPSA) is 107 Å². The molecule has 5 rings (SSSR count). The molecule has 0 bridgehead atoms. The fourth-order valence-corrected chi connectivity index (χ4v) is 5.99. The Morgan fingerprint density at radius 1 is 0.976 bits per heavy atom. The Hall–Kier alpha value is -4.37. The molecule has 9 heteroatoms. The van der Waals surface area contributed by atoms with E-state index in [1.54, 1.807) is 31.3 Å². The largest absolute Gasteiger partial charge is 0.497 e. The van der Waals surface area contributed by atoms with Gasteiger partial charge in [0, 0.05) is 17.3 Å². The fraction of sp³-hybridized carbons (Fsp3) is 0.281. The maximum Gasteiger partial charge on any atom is 0.273 e. The van der Waals surface area contributed by atoms with Crippen molar-refractivity contribution in [2.75, 3.05) is 24.9 Å². The van der Waals surface area contributed by atoms with Gasteiger partial charge >= 0.3 is 0 Å². The number of methoxy groups -OCH3 is 2. The van der Waals surface area contributed by atoms with Gasteiger partial charge in [-0.2, -0.15) is 4.37 Å². The van der Waals surface area contributed by atoms with Gasteiger partial charge < -0.3 is 20.5 Å². The van der Waals surface area contributed by atoms with Gasteiger partial charge in [-0.25, -0.2) is 0 Å². The number of nitrogens with two attached hydrogens (primary N) is 1. The molecule has 1 fully saturated rings. The molecule has 41 heavy (non-hydrogen) atoms. The first-order valence-electron chi connectivity index (χ1n) is 13.6. The Morgan fingerprint density at radius 3 is 2.22 bits per heavy atom. The van der Waals surface area contributed by atoms with Crippen LogP contribution in [-0.4, -0.2) is 36.4 Å². The number of nitrogen functional groups attached to an aromatic ring is 1. The van der Waals surface area contributed by atoms with Crippen molar-refractivity contribution in [2.24, 2.45) is 0 Å². The molecule has 212 valence electrons. The van der Waals surface area contributed by atoms with Gasteiger partial charge in [-0.3, -0.25) is 14.5 Å². The number of aromatic nitrogens is 1. The number of hydrogen-bond acceptors (Lipinski definition) is 7. The van der Waals surface area contributed by atoms with Crippen LogP contribution >= 0.6 is 11.5 Å². The number of aryl methyl sites for hydroxylation is 1. The van der Waals surface area contributed by atoms with E-state index in [1.807, 2.05) is 67.6 Å². The lowest BCUT2D eigenvalue weighted by Gasteiger charge is -2.32. The second kappa shape index (κ2) is 12.4. The zero-order valence-corrected chi connectivity index (χ0v) is 24.2. The quantitative estimate of drug-likeness (QED) is 0.249. The molecule has 1 atom stereocenters. The molecular formula is C32H34N4O4S. The predicted molar refractivity (Wildman–Crippen MR) is 163 cm³/mol. The first kappa shape index (κ1) is 28.2. The van der Waals surface area contributed by atoms with E-state index < -0.39 is 11.9 Å². The molecular weight excluding hydrogens is 536 g/mol. The van der Waals surface area contributed by atoms with Crippen LogP contribution in [-0.2, 0) is 4.79 Å². The van der Waals surface area contributed by atoms with E-state index in [9.17, 15) is 9.59 Å². The Morgan fingerprint density at radius 2 is 1.61 bits per heavy atom. The zero-order chi connectivity index (χ0) is 28.9. The van der Waals surface area contributed by atoms with Crippen molar-refractivity contribution in [2.45, 2.75) is 44.7 Å². The van der Waals surface area contributed by atoms with Crippen LogP contribution in [0.1, 0.15) is 52.5 Å². The van der Waals surface area contributed by atoms with E-state index in [0.717, 1.165) is 48.3 Å². The van der Waals surface area contributed by atoms with Gasteiger partial charge in [0.2, 0.25) is 5.91 Å². The minimum absolute atomic E-state index is 0.0767. The van der Waals surface area contributed by atoms with E-state index >= 15 is 0 Å². The lowest BCUT2D eigenvalue weighted by atomic mass is 10.0. The molecule has 2 amide bonds. The molecule has 1 aromatic heterocycles. The van der Waals surface area contributed by atoms with Crippen LogP contribution in [0, 0.1) is 6.92 Å². The molecule has 3 N–H and O–H groups in total. The SMILES string of the molecule is COc1ccc(-c2nsc(C(=O)N(c3cccc(C)c3)[C@H](C(=O)NC3CCCC3)c3ccc(OC)cc3)c2N)cc1. The Kier molecular flexibility index (Phi) is 8.54. The van der Waals surface area contributed by atoms with Crippen molar-refractivity contribution in [3.63, 3.8) is 0 Å². The average molecular weight is 571 g/mol. The Bertz CT molecular complexity index is 1510. The highest BCUT2D eigenvalue weighted by Crippen LogP contribution is 2.37. The summed E-state index contributed by atoms with van der Waals surface area (Å²) in [6, 6.07) is 21.3. The molecule has 0 unspecified atom stereocenters. The summed E-state index contributed by atoms with van der Waals surface area (Å²) in [5, 5.41) is 3.21. The smallest absolute Gasteiger partial charge is 0.273 e. The maximum atomic E-state index is 14.5. The molecule has 8 nitrogen and oxygen atoms in total. The molecule has 1 aliphatic carbocycles. The molecule has 1 saturated carbocycles. The van der Waals surface area contributed by atoms with Gasteiger partial charge in [0.1, 0.15) is 28.1 Å². The van der Waals surface area contributed by atoms with E-state index in [-0.39, 0.29) is 22.5 Å². The number of nitrogens with one attached hydrogen (secondary N) is 1. The van der Waals surface area contributed by atoms with Crippen LogP contribution in [0.4, 0.5) is 11.4 Å². The number of hydrogen-bond donors (Lipinski definition) is 2. The third-order valence-corrected chi connectivity index (χ3v) is 8.27. The van der Waals surface area contributed by atoms with Crippen molar-refractivity contribution in [1.82, 2.24) is 9.69 Å². The highest BCUT2D eigenvalue weighted by Gasteiger charge is 2.37. The van der Waals surface area contributed by atoms with E-state index in [4.69, 9.17) is 15.2 Å². The van der Waals surface area contributed by atoms with E-state index in [0.29, 0.717) is 28.4 Å². The monoisotopic (exact) mass is 570 g/mol. The van der Waals surface area contributed by atoms with E-state index in [1.165, 1.54) is 0 Å². The molecule has 0 saturated heterocycles. The van der Waals surface area contributed by atoms with Gasteiger partial charge in [-0.1, -0.05) is 37.1 Å². The molecule has 0 spiro atoms. The summed E-state index contributed by atoms with van der Waals surface area (Å²) in [7, 11) is 3.19. The van der Waals surface area contributed by atoms with Gasteiger partial charge in [-0.05, 0) is 91.0 Å². The van der Waals surface area contributed by atoms with Crippen LogP contribution in [0.25, 0.3) is 11.3 Å². The fourth-order valence-electron chi connectivity index (χ4n) is 5.23. The average Bonchev–Trinajstić information content (AvgIpc) is 3.65. The summed E-state index contributed by atoms with van der Waals surface area (Å²) in [5.41, 5.74) is 10.4. The highest BCUT2D eigenvalue weighted by atomic mass is 32.1. The molecule has 4 aromatic rings. The second-order valence-corrected chi connectivity index (χ2v) is 11.0. The third kappa shape index (κ3) is 6.05.